The van der Waals surface area contributed by atoms with E-state index in [0.717, 1.165) is 12.5 Å². The minimum atomic E-state index is -1.20. The molecule has 0 fully saturated rings. The van der Waals surface area contributed by atoms with Gasteiger partial charge in [-0.05, 0) is 18.4 Å². The fourth-order valence-corrected chi connectivity index (χ4v) is 1.54. The van der Waals surface area contributed by atoms with Crippen molar-refractivity contribution < 1.29 is 14.8 Å². The quantitative estimate of drug-likeness (QED) is 0.626. The van der Waals surface area contributed by atoms with Crippen LogP contribution in [0.3, 0.4) is 0 Å². The standard InChI is InChI=1S/C12H17N3O4/c1-8(2)6-7-14(3)11-10(15(18)19)5-4-9(13-11)12(16)17/h4-5,8H,6-7H2,1-3H3,(H,16,17). The molecule has 1 aromatic rings. The predicted molar refractivity (Wildman–Crippen MR) is 70.6 cm³/mol. The molecule has 0 saturated heterocycles. The van der Waals surface area contributed by atoms with Crippen LogP contribution in [0.1, 0.15) is 30.8 Å². The van der Waals surface area contributed by atoms with E-state index in [1.807, 2.05) is 13.8 Å². The molecule has 7 heteroatoms. The third-order valence-corrected chi connectivity index (χ3v) is 2.67. The van der Waals surface area contributed by atoms with Gasteiger partial charge in [-0.15, -0.1) is 0 Å². The molecule has 0 aliphatic heterocycles. The SMILES string of the molecule is CC(C)CCN(C)c1nc(C(=O)O)ccc1[N+](=O)[O-]. The maximum absolute atomic E-state index is 10.9. The van der Waals surface area contributed by atoms with Gasteiger partial charge in [0, 0.05) is 19.7 Å². The first-order chi connectivity index (χ1) is 8.82. The first kappa shape index (κ1) is 14.9. The van der Waals surface area contributed by atoms with Crippen LogP contribution in [0.2, 0.25) is 0 Å². The molecule has 1 heterocycles. The third-order valence-electron chi connectivity index (χ3n) is 2.67. The van der Waals surface area contributed by atoms with Crippen LogP contribution in [0.5, 0.6) is 0 Å². The molecular weight excluding hydrogens is 250 g/mol. The predicted octanol–water partition coefficient (Wildman–Crippen LogP) is 2.17. The number of pyridine rings is 1. The molecule has 0 spiro atoms. The van der Waals surface area contributed by atoms with Gasteiger partial charge in [0.2, 0.25) is 5.82 Å². The zero-order valence-corrected chi connectivity index (χ0v) is 11.2. The molecule has 7 nitrogen and oxygen atoms in total. The maximum Gasteiger partial charge on any atom is 0.354 e. The van der Waals surface area contributed by atoms with Crippen molar-refractivity contribution in [2.45, 2.75) is 20.3 Å². The van der Waals surface area contributed by atoms with Crippen molar-refractivity contribution in [2.75, 3.05) is 18.5 Å². The van der Waals surface area contributed by atoms with Crippen molar-refractivity contribution in [1.82, 2.24) is 4.98 Å². The molecule has 0 amide bonds. The monoisotopic (exact) mass is 267 g/mol. The molecule has 0 bridgehead atoms. The molecule has 0 aliphatic rings. The van der Waals surface area contributed by atoms with Crippen LogP contribution in [-0.4, -0.2) is 34.6 Å². The van der Waals surface area contributed by atoms with Crippen molar-refractivity contribution in [2.24, 2.45) is 5.92 Å². The van der Waals surface area contributed by atoms with Crippen LogP contribution in [0.4, 0.5) is 11.5 Å². The van der Waals surface area contributed by atoms with E-state index < -0.39 is 10.9 Å². The zero-order valence-electron chi connectivity index (χ0n) is 11.2. The molecule has 1 aromatic heterocycles. The number of hydrogen-bond acceptors (Lipinski definition) is 5. The maximum atomic E-state index is 10.9. The molecule has 0 atom stereocenters. The first-order valence-electron chi connectivity index (χ1n) is 5.92. The van der Waals surface area contributed by atoms with Crippen molar-refractivity contribution in [3.05, 3.63) is 27.9 Å². The average Bonchev–Trinajstić information content (AvgIpc) is 2.34. The van der Waals surface area contributed by atoms with Gasteiger partial charge in [0.25, 0.3) is 0 Å². The number of carboxylic acids is 1. The van der Waals surface area contributed by atoms with Gasteiger partial charge in [-0.3, -0.25) is 10.1 Å². The highest BCUT2D eigenvalue weighted by atomic mass is 16.6. The minimum absolute atomic E-state index is 0.0885. The topological polar surface area (TPSA) is 96.6 Å². The number of aromatic carboxylic acids is 1. The Labute approximate surface area is 111 Å². The normalized spacial score (nSPS) is 10.5. The molecule has 19 heavy (non-hydrogen) atoms. The Kier molecular flexibility index (Phi) is 4.80. The summed E-state index contributed by atoms with van der Waals surface area (Å²) in [6.45, 7) is 4.67. The van der Waals surface area contributed by atoms with Gasteiger partial charge in [0.1, 0.15) is 0 Å². The van der Waals surface area contributed by atoms with Crippen molar-refractivity contribution >= 4 is 17.5 Å². The van der Waals surface area contributed by atoms with Crippen LogP contribution in [0, 0.1) is 16.0 Å². The van der Waals surface area contributed by atoms with Crippen LogP contribution >= 0.6 is 0 Å². The Morgan fingerprint density at radius 2 is 2.16 bits per heavy atom. The van der Waals surface area contributed by atoms with Gasteiger partial charge in [-0.1, -0.05) is 13.8 Å². The van der Waals surface area contributed by atoms with E-state index in [0.29, 0.717) is 12.5 Å². The summed E-state index contributed by atoms with van der Waals surface area (Å²) in [4.78, 5) is 26.7. The molecule has 0 radical (unpaired) electrons. The molecule has 0 saturated carbocycles. The molecule has 104 valence electrons. The third kappa shape index (κ3) is 3.90. The van der Waals surface area contributed by atoms with Gasteiger partial charge in [0.05, 0.1) is 4.92 Å². The zero-order chi connectivity index (χ0) is 14.6. The highest BCUT2D eigenvalue weighted by Crippen LogP contribution is 2.25. The van der Waals surface area contributed by atoms with Crippen LogP contribution in [0.25, 0.3) is 0 Å². The van der Waals surface area contributed by atoms with E-state index in [9.17, 15) is 14.9 Å². The second-order valence-electron chi connectivity index (χ2n) is 4.71. The molecule has 1 rings (SSSR count). The first-order valence-corrected chi connectivity index (χ1v) is 5.92. The summed E-state index contributed by atoms with van der Waals surface area (Å²) in [6.07, 6.45) is 0.840. The van der Waals surface area contributed by atoms with Gasteiger partial charge in [0.15, 0.2) is 5.69 Å². The Morgan fingerprint density at radius 1 is 1.53 bits per heavy atom. The van der Waals surface area contributed by atoms with Gasteiger partial charge < -0.3 is 10.0 Å². The summed E-state index contributed by atoms with van der Waals surface area (Å²) in [5.41, 5.74) is -0.381. The molecule has 0 aromatic carbocycles. The lowest BCUT2D eigenvalue weighted by molar-refractivity contribution is -0.384. The largest absolute Gasteiger partial charge is 0.477 e. The van der Waals surface area contributed by atoms with Gasteiger partial charge >= 0.3 is 11.7 Å². The number of rotatable bonds is 6. The van der Waals surface area contributed by atoms with Crippen molar-refractivity contribution in [3.63, 3.8) is 0 Å². The van der Waals surface area contributed by atoms with Gasteiger partial charge in [-0.25, -0.2) is 9.78 Å². The van der Waals surface area contributed by atoms with E-state index in [2.05, 4.69) is 4.98 Å². The Bertz CT molecular complexity index is 488. The number of hydrogen-bond donors (Lipinski definition) is 1. The highest BCUT2D eigenvalue weighted by Gasteiger charge is 2.21. The number of carbonyl (C=O) groups is 1. The van der Waals surface area contributed by atoms with Crippen LogP contribution in [-0.2, 0) is 0 Å². The minimum Gasteiger partial charge on any atom is -0.477 e. The fraction of sp³-hybridized carbons (Fsp3) is 0.500. The number of carboxylic acid groups (broad SMARTS) is 1. The number of aromatic nitrogens is 1. The number of nitro groups is 1. The Morgan fingerprint density at radius 3 is 2.63 bits per heavy atom. The second-order valence-corrected chi connectivity index (χ2v) is 4.71. The number of anilines is 1. The van der Waals surface area contributed by atoms with E-state index in [1.165, 1.54) is 6.07 Å². The summed E-state index contributed by atoms with van der Waals surface area (Å²) in [5, 5.41) is 19.8. The van der Waals surface area contributed by atoms with Crippen LogP contribution in [0.15, 0.2) is 12.1 Å². The van der Waals surface area contributed by atoms with E-state index in [-0.39, 0.29) is 17.2 Å². The summed E-state index contributed by atoms with van der Waals surface area (Å²) < 4.78 is 0. The molecule has 0 aliphatic carbocycles. The average molecular weight is 267 g/mol. The van der Waals surface area contributed by atoms with Crippen molar-refractivity contribution in [1.29, 1.82) is 0 Å². The summed E-state index contributed by atoms with van der Waals surface area (Å²) >= 11 is 0. The Balaban J connectivity index is 3.09. The lowest BCUT2D eigenvalue weighted by atomic mass is 10.1. The number of nitrogens with zero attached hydrogens (tertiary/aromatic N) is 3. The lowest BCUT2D eigenvalue weighted by Crippen LogP contribution is -2.23. The highest BCUT2D eigenvalue weighted by molar-refractivity contribution is 5.86. The smallest absolute Gasteiger partial charge is 0.354 e. The lowest BCUT2D eigenvalue weighted by Gasteiger charge is -2.19. The second kappa shape index (κ2) is 6.12. The summed E-state index contributed by atoms with van der Waals surface area (Å²) in [6, 6.07) is 2.32. The van der Waals surface area contributed by atoms with Crippen LogP contribution < -0.4 is 4.90 Å². The van der Waals surface area contributed by atoms with E-state index >= 15 is 0 Å². The van der Waals surface area contributed by atoms with E-state index in [4.69, 9.17) is 5.11 Å². The molecular formula is C12H17N3O4. The van der Waals surface area contributed by atoms with Gasteiger partial charge in [-0.2, -0.15) is 0 Å². The Hall–Kier alpha value is -2.18. The molecule has 1 N–H and O–H groups in total. The molecule has 0 unspecified atom stereocenters. The van der Waals surface area contributed by atoms with Crippen molar-refractivity contribution in [3.8, 4) is 0 Å². The van der Waals surface area contributed by atoms with E-state index in [1.54, 1.807) is 11.9 Å². The summed E-state index contributed by atoms with van der Waals surface area (Å²) in [5.74, 6) is -0.664. The summed E-state index contributed by atoms with van der Waals surface area (Å²) in [7, 11) is 1.67. The fourth-order valence-electron chi connectivity index (χ4n) is 1.54.